The predicted octanol–water partition coefficient (Wildman–Crippen LogP) is 2.00. The molecule has 0 bridgehead atoms. The Labute approximate surface area is 109 Å². The van der Waals surface area contributed by atoms with Gasteiger partial charge in [0.1, 0.15) is 0 Å². The van der Waals surface area contributed by atoms with Crippen LogP contribution in [-0.2, 0) is 17.8 Å². The lowest BCUT2D eigenvalue weighted by Gasteiger charge is -2.00. The van der Waals surface area contributed by atoms with E-state index in [-0.39, 0.29) is 6.42 Å². The first-order valence-corrected chi connectivity index (χ1v) is 5.86. The van der Waals surface area contributed by atoms with Crippen LogP contribution in [0.3, 0.4) is 0 Å². The van der Waals surface area contributed by atoms with E-state index in [1.54, 1.807) is 10.9 Å². The maximum absolute atomic E-state index is 10.4. The zero-order valence-electron chi connectivity index (χ0n) is 9.58. The van der Waals surface area contributed by atoms with Crippen LogP contribution < -0.4 is 0 Å². The average Bonchev–Trinajstić information content (AvgIpc) is 2.74. The number of carboxylic acids is 1. The fourth-order valence-corrected chi connectivity index (χ4v) is 1.80. The molecule has 2 aromatic rings. The van der Waals surface area contributed by atoms with Gasteiger partial charge in [0, 0.05) is 17.6 Å². The third-order valence-electron chi connectivity index (χ3n) is 2.41. The van der Waals surface area contributed by atoms with Crippen molar-refractivity contribution >= 4 is 17.6 Å². The van der Waals surface area contributed by atoms with Crippen molar-refractivity contribution in [3.8, 4) is 0 Å². The highest BCUT2D eigenvalue weighted by Gasteiger charge is 2.04. The van der Waals surface area contributed by atoms with Crippen molar-refractivity contribution in [1.29, 1.82) is 0 Å². The maximum Gasteiger partial charge on any atom is 0.303 e. The highest BCUT2D eigenvalue weighted by Crippen LogP contribution is 2.11. The van der Waals surface area contributed by atoms with Crippen molar-refractivity contribution < 1.29 is 9.90 Å². The van der Waals surface area contributed by atoms with Crippen molar-refractivity contribution in [3.63, 3.8) is 0 Å². The smallest absolute Gasteiger partial charge is 0.303 e. The number of aliphatic carboxylic acids is 1. The predicted molar refractivity (Wildman–Crippen MR) is 66.5 cm³/mol. The fourth-order valence-electron chi connectivity index (χ4n) is 1.59. The molecule has 0 aliphatic carbocycles. The largest absolute Gasteiger partial charge is 0.481 e. The molecule has 1 aromatic heterocycles. The number of hydrogen-bond acceptors (Lipinski definition) is 3. The van der Waals surface area contributed by atoms with Gasteiger partial charge >= 0.3 is 5.97 Å². The first kappa shape index (κ1) is 12.6. The lowest BCUT2D eigenvalue weighted by Crippen LogP contribution is -2.00. The van der Waals surface area contributed by atoms with Crippen molar-refractivity contribution in [3.05, 3.63) is 46.7 Å². The molecule has 6 heteroatoms. The number of aryl methyl sites for hydroxylation is 1. The lowest BCUT2D eigenvalue weighted by atomic mass is 10.2. The summed E-state index contributed by atoms with van der Waals surface area (Å²) in [7, 11) is 0. The van der Waals surface area contributed by atoms with Gasteiger partial charge in [-0.3, -0.25) is 4.79 Å². The quantitative estimate of drug-likeness (QED) is 0.898. The summed E-state index contributed by atoms with van der Waals surface area (Å²) in [4.78, 5) is 10.4. The Morgan fingerprint density at radius 2 is 2.28 bits per heavy atom. The molecule has 0 spiro atoms. The Bertz CT molecular complexity index is 554. The van der Waals surface area contributed by atoms with Gasteiger partial charge in [-0.05, 0) is 17.7 Å². The van der Waals surface area contributed by atoms with Gasteiger partial charge in [0.25, 0.3) is 0 Å². The standard InChI is InChI=1S/C12H12ClN3O2/c13-10-3-1-2-9(6-10)7-16-8-11(14-15-16)4-5-12(17)18/h1-3,6,8H,4-5,7H2,(H,17,18). The summed E-state index contributed by atoms with van der Waals surface area (Å²) in [6.45, 7) is 0.570. The van der Waals surface area contributed by atoms with E-state index in [2.05, 4.69) is 10.3 Å². The zero-order valence-corrected chi connectivity index (χ0v) is 10.3. The molecular weight excluding hydrogens is 254 g/mol. The molecule has 94 valence electrons. The Kier molecular flexibility index (Phi) is 3.94. The molecule has 1 heterocycles. The summed E-state index contributed by atoms with van der Waals surface area (Å²) in [5, 5.41) is 17.1. The van der Waals surface area contributed by atoms with Gasteiger partial charge in [0.05, 0.1) is 18.7 Å². The van der Waals surface area contributed by atoms with Crippen LogP contribution in [0.2, 0.25) is 5.02 Å². The number of rotatable bonds is 5. The molecule has 2 rings (SSSR count). The maximum atomic E-state index is 10.4. The van der Waals surface area contributed by atoms with Crippen LogP contribution in [0.15, 0.2) is 30.5 Å². The van der Waals surface area contributed by atoms with Crippen LogP contribution >= 0.6 is 11.6 Å². The summed E-state index contributed by atoms with van der Waals surface area (Å²) in [6.07, 6.45) is 2.21. The van der Waals surface area contributed by atoms with Gasteiger partial charge in [-0.15, -0.1) is 5.10 Å². The van der Waals surface area contributed by atoms with Crippen LogP contribution in [0.25, 0.3) is 0 Å². The van der Waals surface area contributed by atoms with E-state index in [9.17, 15) is 4.79 Å². The fraction of sp³-hybridized carbons (Fsp3) is 0.250. The number of halogens is 1. The Balaban J connectivity index is 2.00. The zero-order chi connectivity index (χ0) is 13.0. The first-order valence-electron chi connectivity index (χ1n) is 5.49. The van der Waals surface area contributed by atoms with Gasteiger partial charge in [-0.1, -0.05) is 28.9 Å². The molecule has 0 aliphatic rings. The minimum atomic E-state index is -0.834. The molecule has 0 saturated carbocycles. The van der Waals surface area contributed by atoms with Gasteiger partial charge in [-0.25, -0.2) is 4.68 Å². The summed E-state index contributed by atoms with van der Waals surface area (Å²) < 4.78 is 1.67. The highest BCUT2D eigenvalue weighted by molar-refractivity contribution is 6.30. The minimum absolute atomic E-state index is 0.0653. The number of aromatic nitrogens is 3. The number of carbonyl (C=O) groups is 1. The van der Waals surface area contributed by atoms with Crippen molar-refractivity contribution in [2.45, 2.75) is 19.4 Å². The average molecular weight is 266 g/mol. The molecule has 0 amide bonds. The normalized spacial score (nSPS) is 10.5. The molecular formula is C12H12ClN3O2. The van der Waals surface area contributed by atoms with E-state index >= 15 is 0 Å². The number of hydrogen-bond donors (Lipinski definition) is 1. The second-order valence-corrected chi connectivity index (χ2v) is 4.37. The number of benzene rings is 1. The van der Waals surface area contributed by atoms with Gasteiger partial charge in [0.15, 0.2) is 0 Å². The second kappa shape index (κ2) is 5.64. The summed E-state index contributed by atoms with van der Waals surface area (Å²) in [5.74, 6) is -0.834. The first-order chi connectivity index (χ1) is 8.63. The Morgan fingerprint density at radius 1 is 1.44 bits per heavy atom. The third kappa shape index (κ3) is 3.56. The van der Waals surface area contributed by atoms with Crippen LogP contribution in [0, 0.1) is 0 Å². The molecule has 0 fully saturated rings. The summed E-state index contributed by atoms with van der Waals surface area (Å²) in [6, 6.07) is 7.50. The van der Waals surface area contributed by atoms with Crippen LogP contribution in [-0.4, -0.2) is 26.1 Å². The molecule has 0 unspecified atom stereocenters. The van der Waals surface area contributed by atoms with E-state index in [4.69, 9.17) is 16.7 Å². The topological polar surface area (TPSA) is 68.0 Å². The lowest BCUT2D eigenvalue weighted by molar-refractivity contribution is -0.136. The number of nitrogens with zero attached hydrogens (tertiary/aromatic N) is 3. The van der Waals surface area contributed by atoms with Crippen LogP contribution in [0.1, 0.15) is 17.7 Å². The Hall–Kier alpha value is -1.88. The van der Waals surface area contributed by atoms with Crippen molar-refractivity contribution in [2.24, 2.45) is 0 Å². The van der Waals surface area contributed by atoms with Crippen molar-refractivity contribution in [2.75, 3.05) is 0 Å². The second-order valence-electron chi connectivity index (χ2n) is 3.93. The summed E-state index contributed by atoms with van der Waals surface area (Å²) in [5.41, 5.74) is 1.71. The molecule has 0 saturated heterocycles. The van der Waals surface area contributed by atoms with Gasteiger partial charge in [0.2, 0.25) is 0 Å². The summed E-state index contributed by atoms with van der Waals surface area (Å²) >= 11 is 5.89. The molecule has 0 atom stereocenters. The number of carboxylic acid groups (broad SMARTS) is 1. The van der Waals surface area contributed by atoms with Crippen molar-refractivity contribution in [1.82, 2.24) is 15.0 Å². The van der Waals surface area contributed by atoms with Crippen LogP contribution in [0.5, 0.6) is 0 Å². The highest BCUT2D eigenvalue weighted by atomic mass is 35.5. The van der Waals surface area contributed by atoms with E-state index in [0.717, 1.165) is 5.56 Å². The molecule has 1 N–H and O–H groups in total. The molecule has 18 heavy (non-hydrogen) atoms. The minimum Gasteiger partial charge on any atom is -0.481 e. The Morgan fingerprint density at radius 3 is 3.00 bits per heavy atom. The van der Waals surface area contributed by atoms with Gasteiger partial charge in [-0.2, -0.15) is 0 Å². The molecule has 0 radical (unpaired) electrons. The van der Waals surface area contributed by atoms with Crippen LogP contribution in [0.4, 0.5) is 0 Å². The molecule has 1 aromatic carbocycles. The van der Waals surface area contributed by atoms with E-state index in [1.165, 1.54) is 0 Å². The van der Waals surface area contributed by atoms with Gasteiger partial charge < -0.3 is 5.11 Å². The van der Waals surface area contributed by atoms with E-state index < -0.39 is 5.97 Å². The van der Waals surface area contributed by atoms with E-state index in [1.807, 2.05) is 24.3 Å². The van der Waals surface area contributed by atoms with E-state index in [0.29, 0.717) is 23.7 Å². The monoisotopic (exact) mass is 265 g/mol. The molecule has 0 aliphatic heterocycles. The SMILES string of the molecule is O=C(O)CCc1cn(Cc2cccc(Cl)c2)nn1. The molecule has 5 nitrogen and oxygen atoms in total. The third-order valence-corrected chi connectivity index (χ3v) is 2.65.